The fourth-order valence-corrected chi connectivity index (χ4v) is 3.12. The van der Waals surface area contributed by atoms with Crippen LogP contribution in [0.2, 0.25) is 0 Å². The first kappa shape index (κ1) is 20.9. The van der Waals surface area contributed by atoms with Crippen LogP contribution in [0.25, 0.3) is 0 Å². The zero-order valence-electron chi connectivity index (χ0n) is 14.9. The van der Waals surface area contributed by atoms with Crippen LogP contribution in [0, 0.1) is 0 Å². The molecule has 2 rings (SSSR count). The Kier molecular flexibility index (Phi) is 10.6. The highest BCUT2D eigenvalue weighted by Crippen LogP contribution is 2.28. The van der Waals surface area contributed by atoms with Crippen LogP contribution >= 0.6 is 12.4 Å². The monoisotopic (exact) mass is 353 g/mol. The molecular formula is C20H32ClNO2. The number of rotatable bonds is 8. The molecule has 0 bridgehead atoms. The van der Waals surface area contributed by atoms with E-state index in [4.69, 9.17) is 9.47 Å². The minimum absolute atomic E-state index is 0. The predicted molar refractivity (Wildman–Crippen MR) is 103 cm³/mol. The number of hydrogen-bond acceptors (Lipinski definition) is 3. The maximum absolute atomic E-state index is 5.72. The van der Waals surface area contributed by atoms with E-state index in [9.17, 15) is 0 Å². The maximum atomic E-state index is 5.72. The Balaban J connectivity index is 0.00000288. The number of ether oxygens (including phenoxy) is 2. The molecule has 0 heterocycles. The Hall–Kier alpha value is -1.19. The molecule has 0 spiro atoms. The van der Waals surface area contributed by atoms with Crippen molar-refractivity contribution in [3.05, 3.63) is 36.4 Å². The highest BCUT2D eigenvalue weighted by molar-refractivity contribution is 5.85. The van der Waals surface area contributed by atoms with Gasteiger partial charge in [0.15, 0.2) is 11.5 Å². The van der Waals surface area contributed by atoms with Crippen molar-refractivity contribution in [3.8, 4) is 11.5 Å². The minimum atomic E-state index is 0. The number of halogens is 1. The van der Waals surface area contributed by atoms with E-state index in [-0.39, 0.29) is 12.4 Å². The maximum Gasteiger partial charge on any atom is 0.161 e. The first-order chi connectivity index (χ1) is 11.3. The van der Waals surface area contributed by atoms with Crippen molar-refractivity contribution in [2.75, 3.05) is 13.2 Å². The summed E-state index contributed by atoms with van der Waals surface area (Å²) in [6.45, 7) is 7.72. The third-order valence-corrected chi connectivity index (χ3v) is 4.36. The van der Waals surface area contributed by atoms with Gasteiger partial charge in [-0.25, -0.2) is 0 Å². The van der Waals surface area contributed by atoms with Gasteiger partial charge >= 0.3 is 0 Å². The second-order valence-electron chi connectivity index (χ2n) is 6.24. The Morgan fingerprint density at radius 1 is 1.08 bits per heavy atom. The van der Waals surface area contributed by atoms with E-state index in [1.807, 2.05) is 13.0 Å². The minimum Gasteiger partial charge on any atom is -0.490 e. The van der Waals surface area contributed by atoms with Crippen LogP contribution in [0.15, 0.2) is 30.9 Å². The zero-order valence-corrected chi connectivity index (χ0v) is 15.7. The molecule has 1 fully saturated rings. The molecule has 1 saturated carbocycles. The second-order valence-corrected chi connectivity index (χ2v) is 6.24. The molecule has 24 heavy (non-hydrogen) atoms. The standard InChI is InChI=1S/C20H31NO2.ClH/c1-3-14-23-19-13-12-17(15-20(19)22-4-2)16-21-18-10-8-6-5-7-9-11-18;/h3,12-13,15,18,21H,1,4-11,14,16H2,2H3;1H. The molecule has 0 saturated heterocycles. The summed E-state index contributed by atoms with van der Waals surface area (Å²) >= 11 is 0. The Morgan fingerprint density at radius 3 is 2.46 bits per heavy atom. The van der Waals surface area contributed by atoms with E-state index >= 15 is 0 Å². The van der Waals surface area contributed by atoms with E-state index < -0.39 is 0 Å². The summed E-state index contributed by atoms with van der Waals surface area (Å²) in [6, 6.07) is 6.88. The lowest BCUT2D eigenvalue weighted by Crippen LogP contribution is -2.29. The third kappa shape index (κ3) is 7.14. The average molecular weight is 354 g/mol. The first-order valence-electron chi connectivity index (χ1n) is 9.06. The lowest BCUT2D eigenvalue weighted by Gasteiger charge is -2.21. The number of benzene rings is 1. The third-order valence-electron chi connectivity index (χ3n) is 4.36. The number of hydrogen-bond donors (Lipinski definition) is 1. The summed E-state index contributed by atoms with van der Waals surface area (Å²) in [5.74, 6) is 1.62. The fraction of sp³-hybridized carbons (Fsp3) is 0.600. The molecule has 4 heteroatoms. The Morgan fingerprint density at radius 2 is 1.79 bits per heavy atom. The van der Waals surface area contributed by atoms with Gasteiger partial charge in [-0.2, -0.15) is 0 Å². The van der Waals surface area contributed by atoms with Crippen molar-refractivity contribution < 1.29 is 9.47 Å². The van der Waals surface area contributed by atoms with E-state index in [0.29, 0.717) is 19.3 Å². The lowest BCUT2D eigenvalue weighted by molar-refractivity contribution is 0.296. The van der Waals surface area contributed by atoms with Crippen LogP contribution in [0.5, 0.6) is 11.5 Å². The summed E-state index contributed by atoms with van der Waals surface area (Å²) in [6.07, 6.45) is 11.3. The molecule has 1 aromatic carbocycles. The van der Waals surface area contributed by atoms with Gasteiger partial charge in [-0.05, 0) is 37.5 Å². The average Bonchev–Trinajstić information content (AvgIpc) is 2.53. The number of nitrogens with one attached hydrogen (secondary N) is 1. The summed E-state index contributed by atoms with van der Waals surface area (Å²) in [4.78, 5) is 0. The normalized spacial score (nSPS) is 15.7. The molecule has 0 radical (unpaired) electrons. The van der Waals surface area contributed by atoms with Crippen LogP contribution < -0.4 is 14.8 Å². The molecule has 0 unspecified atom stereocenters. The summed E-state index contributed by atoms with van der Waals surface area (Å²) in [5.41, 5.74) is 1.25. The molecular weight excluding hydrogens is 322 g/mol. The molecule has 0 atom stereocenters. The molecule has 1 aliphatic carbocycles. The van der Waals surface area contributed by atoms with Gasteiger partial charge in [-0.15, -0.1) is 12.4 Å². The van der Waals surface area contributed by atoms with Crippen molar-refractivity contribution in [1.82, 2.24) is 5.32 Å². The Labute approximate surface area is 153 Å². The summed E-state index contributed by atoms with van der Waals surface area (Å²) in [5, 5.41) is 3.73. The SMILES string of the molecule is C=CCOc1ccc(CNC2CCCCCCC2)cc1OCC.Cl. The molecule has 1 N–H and O–H groups in total. The van der Waals surface area contributed by atoms with Gasteiger partial charge in [-0.1, -0.05) is 50.8 Å². The molecule has 1 aliphatic rings. The smallest absolute Gasteiger partial charge is 0.161 e. The van der Waals surface area contributed by atoms with E-state index in [1.54, 1.807) is 6.08 Å². The van der Waals surface area contributed by atoms with E-state index in [2.05, 4.69) is 24.0 Å². The van der Waals surface area contributed by atoms with Crippen molar-refractivity contribution in [3.63, 3.8) is 0 Å². The van der Waals surface area contributed by atoms with Crippen LogP contribution in [0.1, 0.15) is 57.4 Å². The van der Waals surface area contributed by atoms with E-state index in [1.165, 1.54) is 50.5 Å². The van der Waals surface area contributed by atoms with E-state index in [0.717, 1.165) is 18.0 Å². The van der Waals surface area contributed by atoms with Crippen LogP contribution in [-0.2, 0) is 6.54 Å². The van der Waals surface area contributed by atoms with Gasteiger partial charge in [0.25, 0.3) is 0 Å². The predicted octanol–water partition coefficient (Wildman–Crippen LogP) is 5.27. The van der Waals surface area contributed by atoms with Crippen molar-refractivity contribution >= 4 is 12.4 Å². The molecule has 3 nitrogen and oxygen atoms in total. The highest BCUT2D eigenvalue weighted by Gasteiger charge is 2.12. The van der Waals surface area contributed by atoms with Crippen molar-refractivity contribution in [2.45, 2.75) is 64.5 Å². The first-order valence-corrected chi connectivity index (χ1v) is 9.06. The molecule has 1 aromatic rings. The lowest BCUT2D eigenvalue weighted by atomic mass is 9.96. The highest BCUT2D eigenvalue weighted by atomic mass is 35.5. The molecule has 0 aromatic heterocycles. The quantitative estimate of drug-likeness (QED) is 0.645. The molecule has 0 aliphatic heterocycles. The van der Waals surface area contributed by atoms with Crippen LogP contribution in [-0.4, -0.2) is 19.3 Å². The van der Waals surface area contributed by atoms with Gasteiger partial charge in [0.2, 0.25) is 0 Å². The van der Waals surface area contributed by atoms with Gasteiger partial charge in [0.1, 0.15) is 6.61 Å². The van der Waals surface area contributed by atoms with Crippen molar-refractivity contribution in [2.24, 2.45) is 0 Å². The fourth-order valence-electron chi connectivity index (χ4n) is 3.12. The second kappa shape index (κ2) is 12.2. The van der Waals surface area contributed by atoms with Gasteiger partial charge in [0, 0.05) is 12.6 Å². The summed E-state index contributed by atoms with van der Waals surface area (Å²) in [7, 11) is 0. The topological polar surface area (TPSA) is 30.5 Å². The summed E-state index contributed by atoms with van der Waals surface area (Å²) < 4.78 is 11.4. The molecule has 136 valence electrons. The van der Waals surface area contributed by atoms with Crippen LogP contribution in [0.3, 0.4) is 0 Å². The Bertz CT molecular complexity index is 471. The van der Waals surface area contributed by atoms with Crippen molar-refractivity contribution in [1.29, 1.82) is 0 Å². The van der Waals surface area contributed by atoms with Gasteiger partial charge < -0.3 is 14.8 Å². The van der Waals surface area contributed by atoms with Crippen LogP contribution in [0.4, 0.5) is 0 Å². The molecule has 0 amide bonds. The van der Waals surface area contributed by atoms with Gasteiger partial charge in [-0.3, -0.25) is 0 Å². The van der Waals surface area contributed by atoms with Gasteiger partial charge in [0.05, 0.1) is 6.61 Å². The largest absolute Gasteiger partial charge is 0.490 e. The zero-order chi connectivity index (χ0) is 16.3.